The van der Waals surface area contributed by atoms with Gasteiger partial charge in [0.25, 0.3) is 0 Å². The number of piperazine rings is 1. The van der Waals surface area contributed by atoms with Crippen molar-refractivity contribution >= 4 is 46.3 Å². The van der Waals surface area contributed by atoms with Crippen molar-refractivity contribution in [2.45, 2.75) is 6.92 Å². The predicted octanol–water partition coefficient (Wildman–Crippen LogP) is 5.96. The Kier molecular flexibility index (Phi) is 6.70. The number of ether oxygens (including phenoxy) is 1. The molecule has 0 spiro atoms. The number of hydrogen-bond acceptors (Lipinski definition) is 6. The van der Waals surface area contributed by atoms with Crippen LogP contribution in [0.5, 0.6) is 5.75 Å². The van der Waals surface area contributed by atoms with Gasteiger partial charge in [0, 0.05) is 37.9 Å². The molecule has 0 saturated carbocycles. The average molecular weight is 509 g/mol. The Morgan fingerprint density at radius 3 is 2.20 bits per heavy atom. The van der Waals surface area contributed by atoms with Gasteiger partial charge >= 0.3 is 0 Å². The fourth-order valence-corrected chi connectivity index (χ4v) is 4.74. The van der Waals surface area contributed by atoms with Gasteiger partial charge in [0.15, 0.2) is 5.82 Å². The highest BCUT2D eigenvalue weighted by Gasteiger charge is 2.22. The number of hydrogen-bond donors (Lipinski definition) is 1. The van der Waals surface area contributed by atoms with Crippen LogP contribution in [0.2, 0.25) is 10.0 Å². The Hall–Kier alpha value is -3.42. The maximum atomic E-state index is 6.59. The van der Waals surface area contributed by atoms with E-state index in [2.05, 4.69) is 32.3 Å². The first-order valence-corrected chi connectivity index (χ1v) is 12.2. The molecule has 1 N–H and O–H groups in total. The largest absolute Gasteiger partial charge is 0.497 e. The molecule has 35 heavy (non-hydrogen) atoms. The molecule has 0 bridgehead atoms. The van der Waals surface area contributed by atoms with Crippen molar-refractivity contribution in [3.8, 4) is 11.4 Å². The topological polar surface area (TPSA) is 58.5 Å². The van der Waals surface area contributed by atoms with E-state index in [4.69, 9.17) is 32.9 Å². The van der Waals surface area contributed by atoms with E-state index in [-0.39, 0.29) is 0 Å². The smallest absolute Gasteiger partial charge is 0.152 e. The van der Waals surface area contributed by atoms with Crippen LogP contribution in [0.15, 0.2) is 66.7 Å². The molecule has 1 fully saturated rings. The van der Waals surface area contributed by atoms with Crippen LogP contribution in [0, 0.1) is 6.92 Å². The normalized spacial score (nSPS) is 13.7. The number of anilines is 4. The summed E-state index contributed by atoms with van der Waals surface area (Å²) in [6, 6.07) is 21.8. The van der Waals surface area contributed by atoms with E-state index in [9.17, 15) is 0 Å². The second-order valence-corrected chi connectivity index (χ2v) is 9.15. The van der Waals surface area contributed by atoms with Crippen LogP contribution in [0.4, 0.5) is 23.1 Å². The van der Waals surface area contributed by atoms with Gasteiger partial charge in [0.1, 0.15) is 17.4 Å². The molecule has 3 heterocycles. The van der Waals surface area contributed by atoms with E-state index in [0.717, 1.165) is 54.9 Å². The van der Waals surface area contributed by atoms with Gasteiger partial charge in [0.2, 0.25) is 0 Å². The number of nitrogens with zero attached hydrogens (tertiary/aromatic N) is 5. The van der Waals surface area contributed by atoms with E-state index in [1.54, 1.807) is 13.2 Å². The fourth-order valence-electron chi connectivity index (χ4n) is 4.21. The Morgan fingerprint density at radius 1 is 0.829 bits per heavy atom. The number of aryl methyl sites for hydroxylation is 1. The minimum Gasteiger partial charge on any atom is -0.497 e. The molecule has 0 unspecified atom stereocenters. The zero-order valence-electron chi connectivity index (χ0n) is 19.6. The molecule has 4 aromatic rings. The van der Waals surface area contributed by atoms with Gasteiger partial charge in [-0.25, -0.2) is 9.67 Å². The zero-order valence-corrected chi connectivity index (χ0v) is 21.1. The summed E-state index contributed by atoms with van der Waals surface area (Å²) in [5.74, 6) is 2.89. The van der Waals surface area contributed by atoms with E-state index in [1.807, 2.05) is 60.1 Å². The summed E-state index contributed by atoms with van der Waals surface area (Å²) in [6.07, 6.45) is 0. The lowest BCUT2D eigenvalue weighted by atomic mass is 10.2. The molecule has 180 valence electrons. The minimum absolute atomic E-state index is 0.453. The molecule has 1 saturated heterocycles. The first kappa shape index (κ1) is 23.3. The van der Waals surface area contributed by atoms with Gasteiger partial charge in [-0.2, -0.15) is 5.10 Å². The molecule has 5 rings (SSSR count). The molecular weight excluding hydrogens is 483 g/mol. The van der Waals surface area contributed by atoms with Gasteiger partial charge in [-0.3, -0.25) is 0 Å². The summed E-state index contributed by atoms with van der Waals surface area (Å²) in [5.41, 5.74) is 3.01. The maximum Gasteiger partial charge on any atom is 0.152 e. The summed E-state index contributed by atoms with van der Waals surface area (Å²) in [4.78, 5) is 9.38. The van der Waals surface area contributed by atoms with Crippen molar-refractivity contribution in [1.82, 2.24) is 14.8 Å². The highest BCUT2D eigenvalue weighted by atomic mass is 35.5. The molecule has 0 atom stereocenters. The molecule has 1 aliphatic rings. The summed E-state index contributed by atoms with van der Waals surface area (Å²) in [6.45, 7) is 5.25. The van der Waals surface area contributed by atoms with Gasteiger partial charge in [0.05, 0.1) is 28.5 Å². The van der Waals surface area contributed by atoms with Gasteiger partial charge in [-0.15, -0.1) is 0 Å². The van der Waals surface area contributed by atoms with Crippen molar-refractivity contribution in [1.29, 1.82) is 0 Å². The van der Waals surface area contributed by atoms with Gasteiger partial charge in [-0.1, -0.05) is 41.4 Å². The second-order valence-electron chi connectivity index (χ2n) is 8.34. The van der Waals surface area contributed by atoms with Gasteiger partial charge in [-0.05, 0) is 49.4 Å². The molecule has 0 aliphatic carbocycles. The minimum atomic E-state index is 0.453. The quantitative estimate of drug-likeness (QED) is 0.346. The number of nitrogens with one attached hydrogen (secondary N) is 1. The van der Waals surface area contributed by atoms with E-state index in [1.165, 1.54) is 5.69 Å². The molecule has 1 aliphatic heterocycles. The maximum absolute atomic E-state index is 6.59. The van der Waals surface area contributed by atoms with Crippen LogP contribution < -0.4 is 19.9 Å². The predicted molar refractivity (Wildman–Crippen MR) is 143 cm³/mol. The summed E-state index contributed by atoms with van der Waals surface area (Å²) in [7, 11) is 1.68. The number of para-hydroxylation sites is 1. The molecule has 7 nitrogen and oxygen atoms in total. The van der Waals surface area contributed by atoms with E-state index in [0.29, 0.717) is 15.9 Å². The number of benzene rings is 2. The summed E-state index contributed by atoms with van der Waals surface area (Å²) in [5, 5.41) is 8.97. The molecule has 0 amide bonds. The number of rotatable bonds is 6. The van der Waals surface area contributed by atoms with Crippen LogP contribution in [0.25, 0.3) is 5.69 Å². The number of methoxy groups -OCH3 is 1. The van der Waals surface area contributed by atoms with Crippen LogP contribution in [-0.4, -0.2) is 48.1 Å². The first-order valence-electron chi connectivity index (χ1n) is 11.4. The highest BCUT2D eigenvalue weighted by molar-refractivity contribution is 6.37. The van der Waals surface area contributed by atoms with Crippen molar-refractivity contribution in [3.63, 3.8) is 0 Å². The van der Waals surface area contributed by atoms with Crippen LogP contribution in [-0.2, 0) is 0 Å². The van der Waals surface area contributed by atoms with E-state index >= 15 is 0 Å². The molecule has 9 heteroatoms. The standard InChI is InChI=1S/C26H26Cl2N6O/c1-18-16-24(34(31-18)20-6-4-3-5-7-20)29-25-22(27)17-23(28)26(30-25)33-14-12-32(13-15-33)19-8-10-21(35-2)11-9-19/h3-11,16-17H,12-15H2,1-2H3,(H,29,30). The third-order valence-corrected chi connectivity index (χ3v) is 6.57. The average Bonchev–Trinajstić information content (AvgIpc) is 3.26. The Morgan fingerprint density at radius 2 is 1.51 bits per heavy atom. The van der Waals surface area contributed by atoms with Crippen LogP contribution >= 0.6 is 23.2 Å². The van der Waals surface area contributed by atoms with Crippen molar-refractivity contribution in [2.75, 3.05) is 48.4 Å². The zero-order chi connectivity index (χ0) is 24.4. The lowest BCUT2D eigenvalue weighted by molar-refractivity contribution is 0.415. The Labute approximate surface area is 214 Å². The molecule has 2 aromatic heterocycles. The first-order chi connectivity index (χ1) is 17.0. The third kappa shape index (κ3) is 5.01. The van der Waals surface area contributed by atoms with Gasteiger partial charge < -0.3 is 19.9 Å². The van der Waals surface area contributed by atoms with Crippen LogP contribution in [0.3, 0.4) is 0 Å². The van der Waals surface area contributed by atoms with Crippen LogP contribution in [0.1, 0.15) is 5.69 Å². The lowest BCUT2D eigenvalue weighted by Gasteiger charge is -2.37. The third-order valence-electron chi connectivity index (χ3n) is 6.01. The lowest BCUT2D eigenvalue weighted by Crippen LogP contribution is -2.47. The SMILES string of the molecule is COc1ccc(N2CCN(c3nc(Nc4cc(C)nn4-c4ccccc4)c(Cl)cc3Cl)CC2)cc1. The van der Waals surface area contributed by atoms with Crippen molar-refractivity contribution < 1.29 is 4.74 Å². The summed E-state index contributed by atoms with van der Waals surface area (Å²) >= 11 is 13.1. The Balaban J connectivity index is 1.35. The highest BCUT2D eigenvalue weighted by Crippen LogP contribution is 2.34. The number of halogens is 2. The van der Waals surface area contributed by atoms with Crippen molar-refractivity contribution in [3.05, 3.63) is 82.5 Å². The molecular formula is C26H26Cl2N6O. The Bertz CT molecular complexity index is 1300. The van der Waals surface area contributed by atoms with Crippen molar-refractivity contribution in [2.24, 2.45) is 0 Å². The van der Waals surface area contributed by atoms with E-state index < -0.39 is 0 Å². The molecule has 2 aromatic carbocycles. The molecule has 0 radical (unpaired) electrons. The summed E-state index contributed by atoms with van der Waals surface area (Å²) < 4.78 is 7.11. The number of aromatic nitrogens is 3. The number of pyridine rings is 1. The fraction of sp³-hybridized carbons (Fsp3) is 0.231. The monoisotopic (exact) mass is 508 g/mol. The second kappa shape index (κ2) is 10.1.